The van der Waals surface area contributed by atoms with Crippen molar-refractivity contribution in [1.82, 2.24) is 0 Å². The Kier molecular flexibility index (Phi) is 6.72. The molecule has 3 aromatic rings. The van der Waals surface area contributed by atoms with Crippen LogP contribution < -0.4 is 4.74 Å². The maximum absolute atomic E-state index is 11.0. The van der Waals surface area contributed by atoms with E-state index >= 15 is 0 Å². The fourth-order valence-corrected chi connectivity index (χ4v) is 5.93. The lowest BCUT2D eigenvalue weighted by Crippen LogP contribution is -1.94. The first kappa shape index (κ1) is 19.4. The maximum Gasteiger partial charge on any atom is 0.157 e. The van der Waals surface area contributed by atoms with Gasteiger partial charge in [-0.05, 0) is 35.2 Å². The van der Waals surface area contributed by atoms with Gasteiger partial charge in [0.2, 0.25) is 0 Å². The standard InChI is InChI=1S/C19H18O3S4/c1-2-11-22-16-9-7-14(8-10-16)17-18(24-25-19(17)23)15-5-3-13(4-6-15)12-26(20)21/h3-10H,2,11-12H2,1H3,(H,20,21). The Morgan fingerprint density at radius 1 is 1.04 bits per heavy atom. The lowest BCUT2D eigenvalue weighted by atomic mass is 10.0. The van der Waals surface area contributed by atoms with Crippen LogP contribution in [0.3, 0.4) is 0 Å². The Hall–Kier alpha value is -1.38. The summed E-state index contributed by atoms with van der Waals surface area (Å²) in [5.41, 5.74) is 4.05. The third-order valence-corrected chi connectivity index (χ3v) is 7.40. The second kappa shape index (κ2) is 9.01. The molecule has 0 radical (unpaired) electrons. The minimum absolute atomic E-state index is 0.145. The Morgan fingerprint density at radius 3 is 2.31 bits per heavy atom. The van der Waals surface area contributed by atoms with Gasteiger partial charge in [0.1, 0.15) is 9.57 Å². The van der Waals surface area contributed by atoms with E-state index in [1.54, 1.807) is 20.7 Å². The van der Waals surface area contributed by atoms with Gasteiger partial charge in [-0.2, -0.15) is 0 Å². The van der Waals surface area contributed by atoms with Gasteiger partial charge in [-0.25, -0.2) is 4.21 Å². The molecule has 1 unspecified atom stereocenters. The third kappa shape index (κ3) is 4.66. The van der Waals surface area contributed by atoms with E-state index in [2.05, 4.69) is 6.92 Å². The van der Waals surface area contributed by atoms with Gasteiger partial charge in [0.05, 0.1) is 17.2 Å². The Balaban J connectivity index is 1.91. The summed E-state index contributed by atoms with van der Waals surface area (Å²) < 4.78 is 26.5. The molecule has 0 bridgehead atoms. The Morgan fingerprint density at radius 2 is 1.69 bits per heavy atom. The van der Waals surface area contributed by atoms with Crippen molar-refractivity contribution in [2.75, 3.05) is 6.61 Å². The van der Waals surface area contributed by atoms with Crippen molar-refractivity contribution in [3.05, 3.63) is 57.9 Å². The summed E-state index contributed by atoms with van der Waals surface area (Å²) in [7, 11) is 3.25. The highest BCUT2D eigenvalue weighted by Gasteiger charge is 2.13. The first-order valence-corrected chi connectivity index (χ1v) is 11.9. The van der Waals surface area contributed by atoms with Crippen LogP contribution >= 0.6 is 32.9 Å². The summed E-state index contributed by atoms with van der Waals surface area (Å²) in [5, 5.41) is 0. The summed E-state index contributed by atoms with van der Waals surface area (Å²) in [6, 6.07) is 15.8. The van der Waals surface area contributed by atoms with E-state index in [4.69, 9.17) is 21.5 Å². The van der Waals surface area contributed by atoms with E-state index in [0.717, 1.165) is 43.1 Å². The summed E-state index contributed by atoms with van der Waals surface area (Å²) in [5.74, 6) is 1.01. The number of hydrogen-bond donors (Lipinski definition) is 1. The molecular weight excluding hydrogens is 404 g/mol. The van der Waals surface area contributed by atoms with Crippen LogP contribution in [0.4, 0.5) is 0 Å². The van der Waals surface area contributed by atoms with Gasteiger partial charge in [-0.15, -0.1) is 0 Å². The van der Waals surface area contributed by atoms with E-state index in [-0.39, 0.29) is 5.75 Å². The van der Waals surface area contributed by atoms with Gasteiger partial charge in [-0.3, -0.25) is 0 Å². The molecule has 0 saturated carbocycles. The van der Waals surface area contributed by atoms with Crippen molar-refractivity contribution in [1.29, 1.82) is 0 Å². The predicted octanol–water partition coefficient (Wildman–Crippen LogP) is 6.38. The topological polar surface area (TPSA) is 46.5 Å². The molecule has 0 spiro atoms. The van der Waals surface area contributed by atoms with E-state index < -0.39 is 11.1 Å². The van der Waals surface area contributed by atoms with Crippen LogP contribution in [0.15, 0.2) is 48.5 Å². The molecule has 7 heteroatoms. The highest BCUT2D eigenvalue weighted by atomic mass is 32.9. The molecule has 0 aliphatic carbocycles. The minimum atomic E-state index is -1.83. The van der Waals surface area contributed by atoms with Crippen LogP contribution in [0, 0.1) is 3.82 Å². The fraction of sp³-hybridized carbons (Fsp3) is 0.211. The zero-order valence-corrected chi connectivity index (χ0v) is 17.4. The van der Waals surface area contributed by atoms with Gasteiger partial charge in [-0.1, -0.05) is 76.2 Å². The smallest absolute Gasteiger partial charge is 0.157 e. The van der Waals surface area contributed by atoms with Gasteiger partial charge in [0.25, 0.3) is 0 Å². The van der Waals surface area contributed by atoms with E-state index in [1.807, 2.05) is 48.5 Å². The lowest BCUT2D eigenvalue weighted by Gasteiger charge is -2.07. The largest absolute Gasteiger partial charge is 0.494 e. The van der Waals surface area contributed by atoms with Crippen LogP contribution in [0.2, 0.25) is 0 Å². The molecule has 3 rings (SSSR count). The van der Waals surface area contributed by atoms with Crippen molar-refractivity contribution in [3.63, 3.8) is 0 Å². The lowest BCUT2D eigenvalue weighted by molar-refractivity contribution is 0.317. The highest BCUT2D eigenvalue weighted by Crippen LogP contribution is 2.41. The maximum atomic E-state index is 11.0. The molecule has 0 aliphatic rings. The Bertz CT molecular complexity index is 940. The number of hydrogen-bond acceptors (Lipinski definition) is 5. The summed E-state index contributed by atoms with van der Waals surface area (Å²) in [4.78, 5) is 1.12. The molecule has 2 aromatic carbocycles. The molecule has 0 saturated heterocycles. The van der Waals surface area contributed by atoms with Crippen molar-refractivity contribution in [2.45, 2.75) is 19.1 Å². The first-order chi connectivity index (χ1) is 12.6. The molecule has 3 nitrogen and oxygen atoms in total. The van der Waals surface area contributed by atoms with Gasteiger partial charge < -0.3 is 9.29 Å². The van der Waals surface area contributed by atoms with Crippen LogP contribution in [0.5, 0.6) is 5.75 Å². The summed E-state index contributed by atoms with van der Waals surface area (Å²) in [6.07, 6.45) is 0.980. The predicted molar refractivity (Wildman–Crippen MR) is 114 cm³/mol. The monoisotopic (exact) mass is 422 g/mol. The van der Waals surface area contributed by atoms with Crippen LogP contribution in [0.1, 0.15) is 18.9 Å². The first-order valence-electron chi connectivity index (χ1n) is 8.11. The van der Waals surface area contributed by atoms with Gasteiger partial charge in [0.15, 0.2) is 11.1 Å². The normalized spacial score (nSPS) is 12.1. The van der Waals surface area contributed by atoms with E-state index in [0.29, 0.717) is 6.61 Å². The molecule has 0 aliphatic heterocycles. The zero-order valence-electron chi connectivity index (χ0n) is 14.1. The van der Waals surface area contributed by atoms with E-state index in [1.165, 1.54) is 0 Å². The molecular formula is C19H18O3S4. The molecule has 0 amide bonds. The second-order valence-corrected chi connectivity index (χ2v) is 9.44. The quantitative estimate of drug-likeness (QED) is 0.272. The SMILES string of the molecule is CCCOc1ccc(-c2c(-c3ccc(CS(=O)O)cc3)ssc2=S)cc1. The van der Waals surface area contributed by atoms with Gasteiger partial charge in [0, 0.05) is 5.56 Å². The average Bonchev–Trinajstić information content (AvgIpc) is 3.02. The summed E-state index contributed by atoms with van der Waals surface area (Å²) >= 11 is 3.74. The molecule has 1 aromatic heterocycles. The van der Waals surface area contributed by atoms with Crippen LogP contribution in [-0.2, 0) is 16.8 Å². The van der Waals surface area contributed by atoms with Crippen LogP contribution in [0.25, 0.3) is 21.6 Å². The highest BCUT2D eigenvalue weighted by molar-refractivity contribution is 7.80. The second-order valence-electron chi connectivity index (χ2n) is 5.69. The van der Waals surface area contributed by atoms with Crippen molar-refractivity contribution in [2.24, 2.45) is 0 Å². The fourth-order valence-electron chi connectivity index (χ4n) is 2.53. The molecule has 1 N–H and O–H groups in total. The number of ether oxygens (including phenoxy) is 1. The Labute approximate surface area is 168 Å². The molecule has 136 valence electrons. The third-order valence-electron chi connectivity index (χ3n) is 3.75. The summed E-state index contributed by atoms with van der Waals surface area (Å²) in [6.45, 7) is 2.79. The number of rotatable bonds is 7. The van der Waals surface area contributed by atoms with Crippen molar-refractivity contribution < 1.29 is 13.5 Å². The molecule has 26 heavy (non-hydrogen) atoms. The van der Waals surface area contributed by atoms with Crippen LogP contribution in [-0.4, -0.2) is 15.4 Å². The number of benzene rings is 2. The zero-order chi connectivity index (χ0) is 18.5. The van der Waals surface area contributed by atoms with Crippen molar-refractivity contribution in [3.8, 4) is 27.3 Å². The minimum Gasteiger partial charge on any atom is -0.494 e. The average molecular weight is 423 g/mol. The van der Waals surface area contributed by atoms with Crippen molar-refractivity contribution >= 4 is 44.0 Å². The molecule has 1 heterocycles. The van der Waals surface area contributed by atoms with E-state index in [9.17, 15) is 4.21 Å². The molecule has 1 atom stereocenters. The van der Waals surface area contributed by atoms with Gasteiger partial charge >= 0.3 is 0 Å². The molecule has 0 fully saturated rings.